The lowest BCUT2D eigenvalue weighted by Crippen LogP contribution is -2.03. The summed E-state index contributed by atoms with van der Waals surface area (Å²) in [5.41, 5.74) is 6.32. The predicted molar refractivity (Wildman–Crippen MR) is 72.1 cm³/mol. The van der Waals surface area contributed by atoms with Crippen LogP contribution in [-0.2, 0) is 6.42 Å². The summed E-state index contributed by atoms with van der Waals surface area (Å²) in [6.45, 7) is 1.94. The van der Waals surface area contributed by atoms with Crippen LogP contribution in [0.3, 0.4) is 0 Å². The summed E-state index contributed by atoms with van der Waals surface area (Å²) >= 11 is 0. The van der Waals surface area contributed by atoms with E-state index in [4.69, 9.17) is 10.5 Å². The minimum absolute atomic E-state index is 0.362. The van der Waals surface area contributed by atoms with Gasteiger partial charge in [-0.1, -0.05) is 6.92 Å². The number of nitrogens with one attached hydrogen (secondary N) is 1. The molecule has 0 fully saturated rings. The molecule has 1 heterocycles. The van der Waals surface area contributed by atoms with Crippen molar-refractivity contribution in [1.29, 1.82) is 0 Å². The van der Waals surface area contributed by atoms with Crippen LogP contribution in [0.2, 0.25) is 0 Å². The molecule has 0 amide bonds. The Kier molecular flexibility index (Phi) is 3.79. The SMILES string of the molecule is CCc1nc(N)cc(Nc2ccc(F)cc2OC)n1. The van der Waals surface area contributed by atoms with Gasteiger partial charge in [0.1, 0.15) is 29.0 Å². The minimum atomic E-state index is -0.362. The highest BCUT2D eigenvalue weighted by Gasteiger charge is 2.07. The summed E-state index contributed by atoms with van der Waals surface area (Å²) in [6, 6.07) is 5.84. The van der Waals surface area contributed by atoms with Crippen molar-refractivity contribution < 1.29 is 9.13 Å². The van der Waals surface area contributed by atoms with E-state index in [0.717, 1.165) is 0 Å². The summed E-state index contributed by atoms with van der Waals surface area (Å²) in [4.78, 5) is 8.38. The van der Waals surface area contributed by atoms with Crippen molar-refractivity contribution in [2.45, 2.75) is 13.3 Å². The molecule has 0 atom stereocenters. The summed E-state index contributed by atoms with van der Waals surface area (Å²) < 4.78 is 18.2. The highest BCUT2D eigenvalue weighted by atomic mass is 19.1. The van der Waals surface area contributed by atoms with E-state index in [2.05, 4.69) is 15.3 Å². The normalized spacial score (nSPS) is 10.3. The molecule has 0 spiro atoms. The summed E-state index contributed by atoms with van der Waals surface area (Å²) in [7, 11) is 1.48. The Hall–Kier alpha value is -2.37. The van der Waals surface area contributed by atoms with E-state index in [1.54, 1.807) is 12.1 Å². The molecule has 0 unspecified atom stereocenters. The van der Waals surface area contributed by atoms with Crippen LogP contribution in [0.1, 0.15) is 12.7 Å². The van der Waals surface area contributed by atoms with Crippen LogP contribution in [0.15, 0.2) is 24.3 Å². The third-order valence-electron chi connectivity index (χ3n) is 2.53. The van der Waals surface area contributed by atoms with Crippen LogP contribution in [0.5, 0.6) is 5.75 Å². The quantitative estimate of drug-likeness (QED) is 0.885. The Morgan fingerprint density at radius 3 is 2.79 bits per heavy atom. The zero-order chi connectivity index (χ0) is 13.8. The number of aromatic nitrogens is 2. The molecule has 6 heteroatoms. The Morgan fingerprint density at radius 1 is 1.32 bits per heavy atom. The van der Waals surface area contributed by atoms with Crippen molar-refractivity contribution in [3.8, 4) is 5.75 Å². The zero-order valence-electron chi connectivity index (χ0n) is 10.8. The number of aryl methyl sites for hydroxylation is 1. The smallest absolute Gasteiger partial charge is 0.145 e. The Morgan fingerprint density at radius 2 is 2.11 bits per heavy atom. The lowest BCUT2D eigenvalue weighted by molar-refractivity contribution is 0.413. The van der Waals surface area contributed by atoms with Crippen molar-refractivity contribution in [2.24, 2.45) is 0 Å². The summed E-state index contributed by atoms with van der Waals surface area (Å²) in [5, 5.41) is 3.04. The van der Waals surface area contributed by atoms with E-state index < -0.39 is 0 Å². The molecule has 2 rings (SSSR count). The van der Waals surface area contributed by atoms with Gasteiger partial charge in [-0.05, 0) is 12.1 Å². The number of nitrogens with zero attached hydrogens (tertiary/aromatic N) is 2. The summed E-state index contributed by atoms with van der Waals surface area (Å²) in [6.07, 6.45) is 0.681. The number of hydrogen-bond acceptors (Lipinski definition) is 5. The molecule has 0 saturated carbocycles. The topological polar surface area (TPSA) is 73.1 Å². The van der Waals surface area contributed by atoms with Crippen molar-refractivity contribution in [3.05, 3.63) is 35.9 Å². The van der Waals surface area contributed by atoms with Gasteiger partial charge in [0.15, 0.2) is 0 Å². The van der Waals surface area contributed by atoms with Crippen LogP contribution in [0.4, 0.5) is 21.7 Å². The number of ether oxygens (including phenoxy) is 1. The fraction of sp³-hybridized carbons (Fsp3) is 0.231. The molecule has 0 radical (unpaired) electrons. The Labute approximate surface area is 110 Å². The molecule has 1 aromatic carbocycles. The van der Waals surface area contributed by atoms with Crippen molar-refractivity contribution in [3.63, 3.8) is 0 Å². The molecule has 100 valence electrons. The van der Waals surface area contributed by atoms with Gasteiger partial charge in [0.25, 0.3) is 0 Å². The fourth-order valence-electron chi connectivity index (χ4n) is 1.65. The van der Waals surface area contributed by atoms with Crippen LogP contribution in [0, 0.1) is 5.82 Å². The van der Waals surface area contributed by atoms with Gasteiger partial charge in [-0.3, -0.25) is 0 Å². The van der Waals surface area contributed by atoms with E-state index >= 15 is 0 Å². The first kappa shape index (κ1) is 13.1. The number of hydrogen-bond donors (Lipinski definition) is 2. The average molecular weight is 262 g/mol. The number of nitrogens with two attached hydrogens (primary N) is 1. The zero-order valence-corrected chi connectivity index (χ0v) is 10.8. The van der Waals surface area contributed by atoms with Gasteiger partial charge in [0.2, 0.25) is 0 Å². The van der Waals surface area contributed by atoms with E-state index in [-0.39, 0.29) is 5.82 Å². The molecule has 19 heavy (non-hydrogen) atoms. The Bertz CT molecular complexity index is 589. The van der Waals surface area contributed by atoms with Crippen LogP contribution < -0.4 is 15.8 Å². The third kappa shape index (κ3) is 3.09. The second-order valence-corrected chi connectivity index (χ2v) is 3.92. The second kappa shape index (κ2) is 5.51. The third-order valence-corrected chi connectivity index (χ3v) is 2.53. The van der Waals surface area contributed by atoms with E-state index in [0.29, 0.717) is 35.3 Å². The molecule has 2 aromatic rings. The number of benzene rings is 1. The maximum absolute atomic E-state index is 13.1. The second-order valence-electron chi connectivity index (χ2n) is 3.92. The molecule has 0 aliphatic carbocycles. The maximum atomic E-state index is 13.1. The van der Waals surface area contributed by atoms with Crippen LogP contribution in [-0.4, -0.2) is 17.1 Å². The van der Waals surface area contributed by atoms with Crippen LogP contribution >= 0.6 is 0 Å². The van der Waals surface area contributed by atoms with Crippen molar-refractivity contribution in [1.82, 2.24) is 9.97 Å². The average Bonchev–Trinajstić information content (AvgIpc) is 2.40. The first-order valence-electron chi connectivity index (χ1n) is 5.86. The van der Waals surface area contributed by atoms with Gasteiger partial charge in [-0.15, -0.1) is 0 Å². The van der Waals surface area contributed by atoms with Gasteiger partial charge in [-0.2, -0.15) is 0 Å². The predicted octanol–water partition coefficient (Wildman–Crippen LogP) is 2.51. The lowest BCUT2D eigenvalue weighted by Gasteiger charge is -2.11. The highest BCUT2D eigenvalue weighted by Crippen LogP contribution is 2.27. The van der Waals surface area contributed by atoms with Gasteiger partial charge in [0.05, 0.1) is 12.8 Å². The highest BCUT2D eigenvalue weighted by molar-refractivity contribution is 5.65. The molecule has 5 nitrogen and oxygen atoms in total. The first-order valence-corrected chi connectivity index (χ1v) is 5.86. The molecule has 0 bridgehead atoms. The monoisotopic (exact) mass is 262 g/mol. The van der Waals surface area contributed by atoms with Gasteiger partial charge in [-0.25, -0.2) is 14.4 Å². The Balaban J connectivity index is 2.33. The standard InChI is InChI=1S/C13H15FN4O/c1-3-12-17-11(15)7-13(18-12)16-9-5-4-8(14)6-10(9)19-2/h4-7H,3H2,1-2H3,(H3,15,16,17,18). The largest absolute Gasteiger partial charge is 0.494 e. The molecule has 0 aliphatic rings. The molecular weight excluding hydrogens is 247 g/mol. The molecule has 0 saturated heterocycles. The molecular formula is C13H15FN4O. The van der Waals surface area contributed by atoms with E-state index in [1.165, 1.54) is 19.2 Å². The van der Waals surface area contributed by atoms with Crippen LogP contribution in [0.25, 0.3) is 0 Å². The van der Waals surface area contributed by atoms with Gasteiger partial charge >= 0.3 is 0 Å². The lowest BCUT2D eigenvalue weighted by atomic mass is 10.3. The number of methoxy groups -OCH3 is 1. The van der Waals surface area contributed by atoms with Gasteiger partial charge < -0.3 is 15.8 Å². The number of anilines is 3. The van der Waals surface area contributed by atoms with E-state index in [1.807, 2.05) is 6.92 Å². The van der Waals surface area contributed by atoms with Crippen molar-refractivity contribution in [2.75, 3.05) is 18.2 Å². The maximum Gasteiger partial charge on any atom is 0.145 e. The summed E-state index contributed by atoms with van der Waals surface area (Å²) in [5.74, 6) is 1.61. The number of rotatable bonds is 4. The molecule has 3 N–H and O–H groups in total. The first-order chi connectivity index (χ1) is 9.12. The fourth-order valence-corrected chi connectivity index (χ4v) is 1.65. The molecule has 1 aromatic heterocycles. The minimum Gasteiger partial charge on any atom is -0.494 e. The molecule has 0 aliphatic heterocycles. The van der Waals surface area contributed by atoms with Gasteiger partial charge in [0, 0.05) is 18.6 Å². The van der Waals surface area contributed by atoms with Crippen molar-refractivity contribution >= 4 is 17.3 Å². The van der Waals surface area contributed by atoms with E-state index in [9.17, 15) is 4.39 Å². The number of nitrogen functional groups attached to an aromatic ring is 1. The number of halogens is 1.